The number of ether oxygens (including phenoxy) is 1. The predicted octanol–water partition coefficient (Wildman–Crippen LogP) is 1.15. The molecule has 0 bridgehead atoms. The van der Waals surface area contributed by atoms with E-state index in [1.165, 1.54) is 0 Å². The van der Waals surface area contributed by atoms with Gasteiger partial charge in [0.05, 0.1) is 0 Å². The average Bonchev–Trinajstić information content (AvgIpc) is 2.71. The number of hydrogen-bond donors (Lipinski definition) is 1. The fourth-order valence-electron chi connectivity index (χ4n) is 1.13. The van der Waals surface area contributed by atoms with Crippen molar-refractivity contribution in [1.82, 2.24) is 15.5 Å². The van der Waals surface area contributed by atoms with Crippen LogP contribution in [0.1, 0.15) is 32.0 Å². The molecule has 1 aromatic rings. The van der Waals surface area contributed by atoms with Gasteiger partial charge >= 0.3 is 0 Å². The minimum Gasteiger partial charge on any atom is -0.374 e. The first-order chi connectivity index (χ1) is 7.26. The first kappa shape index (κ1) is 12.1. The molecule has 0 amide bonds. The van der Waals surface area contributed by atoms with Crippen LogP contribution in [0.3, 0.4) is 0 Å². The minimum atomic E-state index is 0.432. The van der Waals surface area contributed by atoms with Crippen LogP contribution < -0.4 is 5.32 Å². The Hall–Kier alpha value is -0.940. The average molecular weight is 213 g/mol. The van der Waals surface area contributed by atoms with E-state index < -0.39 is 0 Å². The van der Waals surface area contributed by atoms with Crippen LogP contribution in [0.5, 0.6) is 0 Å². The second kappa shape index (κ2) is 6.53. The predicted molar refractivity (Wildman–Crippen MR) is 56.5 cm³/mol. The van der Waals surface area contributed by atoms with Gasteiger partial charge in [-0.1, -0.05) is 5.16 Å². The first-order valence-corrected chi connectivity index (χ1v) is 5.32. The van der Waals surface area contributed by atoms with Gasteiger partial charge in [-0.25, -0.2) is 0 Å². The van der Waals surface area contributed by atoms with Gasteiger partial charge in [-0.05, 0) is 27.3 Å². The maximum absolute atomic E-state index is 5.18. The lowest BCUT2D eigenvalue weighted by Gasteiger charge is -2.06. The zero-order valence-corrected chi connectivity index (χ0v) is 9.62. The Labute approximate surface area is 90.2 Å². The van der Waals surface area contributed by atoms with Gasteiger partial charge in [0, 0.05) is 19.1 Å². The van der Waals surface area contributed by atoms with Gasteiger partial charge in [-0.3, -0.25) is 0 Å². The molecule has 0 aromatic carbocycles. The maximum Gasteiger partial charge on any atom is 0.226 e. The highest BCUT2D eigenvalue weighted by atomic mass is 16.5. The summed E-state index contributed by atoms with van der Waals surface area (Å²) >= 11 is 0. The second-order valence-corrected chi connectivity index (χ2v) is 3.47. The molecule has 0 aliphatic carbocycles. The van der Waals surface area contributed by atoms with Crippen molar-refractivity contribution in [3.05, 3.63) is 11.7 Å². The normalized spacial score (nSPS) is 13.0. The van der Waals surface area contributed by atoms with Crippen LogP contribution in [0.15, 0.2) is 4.52 Å². The molecular weight excluding hydrogens is 194 g/mol. The van der Waals surface area contributed by atoms with Crippen molar-refractivity contribution in [2.75, 3.05) is 13.7 Å². The molecule has 86 valence electrons. The molecule has 5 heteroatoms. The Morgan fingerprint density at radius 3 is 3.00 bits per heavy atom. The molecule has 0 radical (unpaired) electrons. The molecule has 1 unspecified atom stereocenters. The molecule has 1 N–H and O–H groups in total. The van der Waals surface area contributed by atoms with Crippen LogP contribution in [-0.4, -0.2) is 29.8 Å². The molecule has 1 atom stereocenters. The van der Waals surface area contributed by atoms with E-state index in [2.05, 4.69) is 22.4 Å². The molecule has 15 heavy (non-hydrogen) atoms. The highest BCUT2D eigenvalue weighted by Gasteiger charge is 2.07. The number of aryl methyl sites for hydroxylation is 1. The Kier molecular flexibility index (Phi) is 5.28. The van der Waals surface area contributed by atoms with Gasteiger partial charge in [0.15, 0.2) is 5.82 Å². The Morgan fingerprint density at radius 2 is 2.33 bits per heavy atom. The van der Waals surface area contributed by atoms with Crippen LogP contribution in [0.4, 0.5) is 0 Å². The van der Waals surface area contributed by atoms with E-state index in [4.69, 9.17) is 9.26 Å². The first-order valence-electron chi connectivity index (χ1n) is 5.32. The van der Waals surface area contributed by atoms with Gasteiger partial charge in [-0.2, -0.15) is 4.98 Å². The molecule has 5 nitrogen and oxygen atoms in total. The van der Waals surface area contributed by atoms with Crippen molar-refractivity contribution in [1.29, 1.82) is 0 Å². The van der Waals surface area contributed by atoms with E-state index in [9.17, 15) is 0 Å². The Bertz CT molecular complexity index is 275. The third-order valence-corrected chi connectivity index (χ3v) is 2.23. The standard InChI is InChI=1S/C10H19N3O2/c1-4-14-7-9-12-10(15-13-9)6-5-8(2)11-3/h8,11H,4-7H2,1-3H3. The zero-order valence-electron chi connectivity index (χ0n) is 9.62. The maximum atomic E-state index is 5.18. The van der Waals surface area contributed by atoms with E-state index in [1.54, 1.807) is 0 Å². The van der Waals surface area contributed by atoms with E-state index in [1.807, 2.05) is 14.0 Å². The summed E-state index contributed by atoms with van der Waals surface area (Å²) in [5.74, 6) is 1.32. The second-order valence-electron chi connectivity index (χ2n) is 3.47. The molecule has 1 rings (SSSR count). The van der Waals surface area contributed by atoms with Gasteiger partial charge < -0.3 is 14.6 Å². The fraction of sp³-hybridized carbons (Fsp3) is 0.800. The summed E-state index contributed by atoms with van der Waals surface area (Å²) in [6.45, 7) is 5.16. The van der Waals surface area contributed by atoms with Crippen molar-refractivity contribution >= 4 is 0 Å². The highest BCUT2D eigenvalue weighted by Crippen LogP contribution is 2.04. The van der Waals surface area contributed by atoms with Gasteiger partial charge in [0.2, 0.25) is 5.89 Å². The SMILES string of the molecule is CCOCc1noc(CCC(C)NC)n1. The summed E-state index contributed by atoms with van der Waals surface area (Å²) < 4.78 is 10.3. The molecule has 0 fully saturated rings. The lowest BCUT2D eigenvalue weighted by atomic mass is 10.2. The molecule has 0 spiro atoms. The number of hydrogen-bond acceptors (Lipinski definition) is 5. The molecule has 1 aromatic heterocycles. The summed E-state index contributed by atoms with van der Waals surface area (Å²) in [4.78, 5) is 4.22. The number of nitrogens with zero attached hydrogens (tertiary/aromatic N) is 2. The van der Waals surface area contributed by atoms with E-state index >= 15 is 0 Å². The number of rotatable bonds is 7. The third kappa shape index (κ3) is 4.40. The van der Waals surface area contributed by atoms with Crippen LogP contribution >= 0.6 is 0 Å². The van der Waals surface area contributed by atoms with Crippen LogP contribution in [-0.2, 0) is 17.8 Å². The highest BCUT2D eigenvalue weighted by molar-refractivity contribution is 4.85. The molecule has 0 saturated carbocycles. The van der Waals surface area contributed by atoms with Crippen LogP contribution in [0, 0.1) is 0 Å². The fourth-order valence-corrected chi connectivity index (χ4v) is 1.13. The molecule has 0 aliphatic heterocycles. The van der Waals surface area contributed by atoms with Crippen molar-refractivity contribution in [2.24, 2.45) is 0 Å². The summed E-state index contributed by atoms with van der Waals surface area (Å²) in [5, 5.41) is 6.99. The third-order valence-electron chi connectivity index (χ3n) is 2.23. The van der Waals surface area contributed by atoms with Gasteiger partial charge in [0.1, 0.15) is 6.61 Å². The van der Waals surface area contributed by atoms with E-state index in [0.29, 0.717) is 31.0 Å². The summed E-state index contributed by atoms with van der Waals surface area (Å²) in [5.41, 5.74) is 0. The lowest BCUT2D eigenvalue weighted by molar-refractivity contribution is 0.126. The van der Waals surface area contributed by atoms with E-state index in [-0.39, 0.29) is 0 Å². The number of aromatic nitrogens is 2. The topological polar surface area (TPSA) is 60.2 Å². The zero-order chi connectivity index (χ0) is 11.1. The molecule has 1 heterocycles. The summed E-state index contributed by atoms with van der Waals surface area (Å²) in [6, 6.07) is 0.465. The summed E-state index contributed by atoms with van der Waals surface area (Å²) in [6.07, 6.45) is 1.80. The van der Waals surface area contributed by atoms with Crippen molar-refractivity contribution in [2.45, 2.75) is 39.3 Å². The minimum absolute atomic E-state index is 0.432. The number of nitrogens with one attached hydrogen (secondary N) is 1. The summed E-state index contributed by atoms with van der Waals surface area (Å²) in [7, 11) is 1.94. The lowest BCUT2D eigenvalue weighted by Crippen LogP contribution is -2.21. The molecular formula is C10H19N3O2. The monoisotopic (exact) mass is 213 g/mol. The van der Waals surface area contributed by atoms with Crippen LogP contribution in [0.2, 0.25) is 0 Å². The van der Waals surface area contributed by atoms with Crippen molar-refractivity contribution < 1.29 is 9.26 Å². The Balaban J connectivity index is 2.32. The quantitative estimate of drug-likeness (QED) is 0.736. The van der Waals surface area contributed by atoms with Crippen LogP contribution in [0.25, 0.3) is 0 Å². The molecule has 0 aliphatic rings. The molecule has 0 saturated heterocycles. The smallest absolute Gasteiger partial charge is 0.226 e. The van der Waals surface area contributed by atoms with Gasteiger partial charge in [-0.15, -0.1) is 0 Å². The van der Waals surface area contributed by atoms with E-state index in [0.717, 1.165) is 12.8 Å². The van der Waals surface area contributed by atoms with Crippen molar-refractivity contribution in [3.8, 4) is 0 Å². The Morgan fingerprint density at radius 1 is 1.53 bits per heavy atom. The van der Waals surface area contributed by atoms with Crippen molar-refractivity contribution in [3.63, 3.8) is 0 Å². The van der Waals surface area contributed by atoms with Gasteiger partial charge in [0.25, 0.3) is 0 Å². The largest absolute Gasteiger partial charge is 0.374 e.